The van der Waals surface area contributed by atoms with E-state index in [1.165, 1.54) is 11.8 Å². The van der Waals surface area contributed by atoms with Crippen LogP contribution in [-0.2, 0) is 11.3 Å². The Morgan fingerprint density at radius 3 is 2.58 bits per heavy atom. The first-order valence-corrected chi connectivity index (χ1v) is 11.8. The number of fused-ring (bicyclic) bond motifs is 1. The van der Waals surface area contributed by atoms with E-state index in [0.29, 0.717) is 45.7 Å². The third-order valence-corrected chi connectivity index (χ3v) is 6.10. The average Bonchev–Trinajstić information content (AvgIpc) is 2.82. The van der Waals surface area contributed by atoms with Crippen LogP contribution in [-0.4, -0.2) is 27.8 Å². The zero-order valence-corrected chi connectivity index (χ0v) is 19.5. The van der Waals surface area contributed by atoms with Gasteiger partial charge in [0.05, 0.1) is 35.5 Å². The number of thioether (sulfide) groups is 1. The van der Waals surface area contributed by atoms with E-state index in [2.05, 4.69) is 10.3 Å². The van der Waals surface area contributed by atoms with Gasteiger partial charge in [0.1, 0.15) is 5.75 Å². The summed E-state index contributed by atoms with van der Waals surface area (Å²) in [6, 6.07) is 21.8. The summed E-state index contributed by atoms with van der Waals surface area (Å²) in [7, 11) is 0. The van der Waals surface area contributed by atoms with Crippen LogP contribution in [0.3, 0.4) is 0 Å². The number of para-hydroxylation sites is 3. The van der Waals surface area contributed by atoms with Gasteiger partial charge in [0.15, 0.2) is 5.16 Å². The van der Waals surface area contributed by atoms with Crippen molar-refractivity contribution in [1.29, 1.82) is 0 Å². The normalized spacial score (nSPS) is 10.8. The Morgan fingerprint density at radius 2 is 1.79 bits per heavy atom. The molecule has 0 fully saturated rings. The third kappa shape index (κ3) is 5.56. The number of ether oxygens (including phenoxy) is 1. The Hall–Kier alpha value is -3.29. The number of halogens is 1. The summed E-state index contributed by atoms with van der Waals surface area (Å²) in [5, 5.41) is 4.51. The van der Waals surface area contributed by atoms with E-state index in [9.17, 15) is 9.59 Å². The minimum atomic E-state index is -0.215. The van der Waals surface area contributed by atoms with Gasteiger partial charge in [-0.25, -0.2) is 4.98 Å². The summed E-state index contributed by atoms with van der Waals surface area (Å²) in [5.41, 5.74) is 1.96. The fourth-order valence-corrected chi connectivity index (χ4v) is 4.26. The lowest BCUT2D eigenvalue weighted by atomic mass is 10.2. The van der Waals surface area contributed by atoms with Crippen molar-refractivity contribution in [3.05, 3.63) is 93.7 Å². The van der Waals surface area contributed by atoms with Crippen LogP contribution in [0, 0.1) is 0 Å². The standard InChI is InChI=1S/C25H22ClN3O3S/c1-2-32-22-10-6-5-9-21(22)27-23(30)16-33-25-28-20-8-4-3-7-19(20)24(31)29(25)15-17-11-13-18(26)14-12-17/h3-14H,2,15-16H2,1H3,(H,27,30). The highest BCUT2D eigenvalue weighted by molar-refractivity contribution is 7.99. The quantitative estimate of drug-likeness (QED) is 0.277. The zero-order valence-electron chi connectivity index (χ0n) is 18.0. The van der Waals surface area contributed by atoms with Gasteiger partial charge in [0.2, 0.25) is 5.91 Å². The van der Waals surface area contributed by atoms with Gasteiger partial charge in [-0.1, -0.05) is 59.8 Å². The Kier molecular flexibility index (Phi) is 7.32. The van der Waals surface area contributed by atoms with E-state index in [4.69, 9.17) is 16.3 Å². The highest BCUT2D eigenvalue weighted by atomic mass is 35.5. The SMILES string of the molecule is CCOc1ccccc1NC(=O)CSc1nc2ccccc2c(=O)n1Cc1ccc(Cl)cc1. The number of anilines is 1. The van der Waals surface area contributed by atoms with Gasteiger partial charge in [-0.2, -0.15) is 0 Å². The topological polar surface area (TPSA) is 73.2 Å². The fourth-order valence-electron chi connectivity index (χ4n) is 3.34. The third-order valence-electron chi connectivity index (χ3n) is 4.87. The van der Waals surface area contributed by atoms with Crippen LogP contribution in [0.2, 0.25) is 5.02 Å². The molecule has 0 aliphatic rings. The monoisotopic (exact) mass is 479 g/mol. The van der Waals surface area contributed by atoms with Crippen molar-refractivity contribution < 1.29 is 9.53 Å². The summed E-state index contributed by atoms with van der Waals surface area (Å²) < 4.78 is 7.16. The van der Waals surface area contributed by atoms with Crippen LogP contribution in [0.15, 0.2) is 82.7 Å². The van der Waals surface area contributed by atoms with E-state index in [0.717, 1.165) is 5.56 Å². The van der Waals surface area contributed by atoms with Crippen molar-refractivity contribution in [2.75, 3.05) is 17.7 Å². The maximum absolute atomic E-state index is 13.2. The van der Waals surface area contributed by atoms with Crippen LogP contribution in [0.4, 0.5) is 5.69 Å². The van der Waals surface area contributed by atoms with E-state index in [1.54, 1.807) is 41.0 Å². The van der Waals surface area contributed by atoms with E-state index < -0.39 is 0 Å². The van der Waals surface area contributed by atoms with Gasteiger partial charge in [0.25, 0.3) is 5.56 Å². The second kappa shape index (κ2) is 10.6. The molecule has 0 saturated carbocycles. The average molecular weight is 480 g/mol. The smallest absolute Gasteiger partial charge is 0.262 e. The molecule has 4 rings (SSSR count). The first-order chi connectivity index (χ1) is 16.0. The molecule has 1 N–H and O–H groups in total. The molecule has 1 amide bonds. The molecule has 0 unspecified atom stereocenters. The Bertz CT molecular complexity index is 1340. The van der Waals surface area contributed by atoms with Crippen LogP contribution in [0.5, 0.6) is 5.75 Å². The van der Waals surface area contributed by atoms with Crippen molar-refractivity contribution in [3.8, 4) is 5.75 Å². The number of carbonyl (C=O) groups is 1. The summed E-state index contributed by atoms with van der Waals surface area (Å²) in [4.78, 5) is 30.6. The van der Waals surface area contributed by atoms with Crippen molar-refractivity contribution in [3.63, 3.8) is 0 Å². The van der Waals surface area contributed by atoms with E-state index in [1.807, 2.05) is 43.3 Å². The lowest BCUT2D eigenvalue weighted by Gasteiger charge is -2.14. The number of carbonyl (C=O) groups excluding carboxylic acids is 1. The molecule has 33 heavy (non-hydrogen) atoms. The lowest BCUT2D eigenvalue weighted by Crippen LogP contribution is -2.25. The van der Waals surface area contributed by atoms with Gasteiger partial charge in [-0.3, -0.25) is 14.2 Å². The number of hydrogen-bond acceptors (Lipinski definition) is 5. The number of rotatable bonds is 8. The molecule has 3 aromatic carbocycles. The molecule has 8 heteroatoms. The predicted molar refractivity (Wildman–Crippen MR) is 134 cm³/mol. The number of nitrogens with one attached hydrogen (secondary N) is 1. The highest BCUT2D eigenvalue weighted by Gasteiger charge is 2.15. The van der Waals surface area contributed by atoms with Crippen molar-refractivity contribution >= 4 is 45.9 Å². The van der Waals surface area contributed by atoms with Crippen LogP contribution >= 0.6 is 23.4 Å². The van der Waals surface area contributed by atoms with Crippen molar-refractivity contribution in [2.24, 2.45) is 0 Å². The maximum atomic E-state index is 13.2. The summed E-state index contributed by atoms with van der Waals surface area (Å²) in [5.74, 6) is 0.487. The second-order valence-corrected chi connectivity index (χ2v) is 8.57. The summed E-state index contributed by atoms with van der Waals surface area (Å²) >= 11 is 7.22. The maximum Gasteiger partial charge on any atom is 0.262 e. The first kappa shape index (κ1) is 22.9. The van der Waals surface area contributed by atoms with Crippen LogP contribution in [0.1, 0.15) is 12.5 Å². The van der Waals surface area contributed by atoms with E-state index >= 15 is 0 Å². The first-order valence-electron chi connectivity index (χ1n) is 10.4. The number of aromatic nitrogens is 2. The van der Waals surface area contributed by atoms with Gasteiger partial charge in [-0.15, -0.1) is 0 Å². The molecule has 0 aliphatic carbocycles. The van der Waals surface area contributed by atoms with Gasteiger partial charge < -0.3 is 10.1 Å². The lowest BCUT2D eigenvalue weighted by molar-refractivity contribution is -0.113. The van der Waals surface area contributed by atoms with Crippen molar-refractivity contribution in [1.82, 2.24) is 9.55 Å². The molecule has 0 aliphatic heterocycles. The molecule has 0 bridgehead atoms. The van der Waals surface area contributed by atoms with Crippen LogP contribution < -0.4 is 15.6 Å². The zero-order chi connectivity index (χ0) is 23.2. The molecule has 0 atom stereocenters. The fraction of sp³-hybridized carbons (Fsp3) is 0.160. The largest absolute Gasteiger partial charge is 0.492 e. The Labute approximate surface area is 200 Å². The summed E-state index contributed by atoms with van der Waals surface area (Å²) in [6.07, 6.45) is 0. The van der Waals surface area contributed by atoms with Crippen molar-refractivity contribution in [2.45, 2.75) is 18.6 Å². The molecule has 168 valence electrons. The highest BCUT2D eigenvalue weighted by Crippen LogP contribution is 2.25. The number of nitrogens with zero attached hydrogens (tertiary/aromatic N) is 2. The van der Waals surface area contributed by atoms with Gasteiger partial charge in [0, 0.05) is 5.02 Å². The van der Waals surface area contributed by atoms with Gasteiger partial charge in [-0.05, 0) is 48.9 Å². The minimum absolute atomic E-state index is 0.0891. The molecular formula is C25H22ClN3O3S. The van der Waals surface area contributed by atoms with Crippen LogP contribution in [0.25, 0.3) is 10.9 Å². The minimum Gasteiger partial charge on any atom is -0.492 e. The molecule has 1 aromatic heterocycles. The molecule has 0 spiro atoms. The number of hydrogen-bond donors (Lipinski definition) is 1. The molecule has 6 nitrogen and oxygen atoms in total. The Morgan fingerprint density at radius 1 is 1.06 bits per heavy atom. The van der Waals surface area contributed by atoms with E-state index in [-0.39, 0.29) is 17.2 Å². The number of benzene rings is 3. The molecule has 0 radical (unpaired) electrons. The molecular weight excluding hydrogens is 458 g/mol. The van der Waals surface area contributed by atoms with Gasteiger partial charge >= 0.3 is 0 Å². The summed E-state index contributed by atoms with van der Waals surface area (Å²) in [6.45, 7) is 2.71. The predicted octanol–water partition coefficient (Wildman–Crippen LogP) is 5.23. The Balaban J connectivity index is 1.59. The molecule has 0 saturated heterocycles. The molecule has 4 aromatic rings. The number of amides is 1. The second-order valence-electron chi connectivity index (χ2n) is 7.20. The molecule has 1 heterocycles.